The van der Waals surface area contributed by atoms with Crippen LogP contribution >= 0.6 is 0 Å². The van der Waals surface area contributed by atoms with E-state index in [0.717, 1.165) is 22.3 Å². The summed E-state index contributed by atoms with van der Waals surface area (Å²) in [5.74, 6) is -1.01. The molecule has 104 valence electrons. The Balaban J connectivity index is 1.56. The van der Waals surface area contributed by atoms with Gasteiger partial charge in [-0.05, 0) is 18.6 Å². The Bertz CT molecular complexity index is 803. The third-order valence-corrected chi connectivity index (χ3v) is 4.86. The Morgan fingerprint density at radius 1 is 1.14 bits per heavy atom. The van der Waals surface area contributed by atoms with Crippen molar-refractivity contribution < 1.29 is 18.9 Å². The fourth-order valence-corrected chi connectivity index (χ4v) is 4.15. The van der Waals surface area contributed by atoms with Crippen molar-refractivity contribution in [1.82, 2.24) is 0 Å². The molecule has 21 heavy (non-hydrogen) atoms. The van der Waals surface area contributed by atoms with Crippen LogP contribution in [0.3, 0.4) is 0 Å². The Kier molecular flexibility index (Phi) is 1.49. The highest BCUT2D eigenvalue weighted by atomic mass is 16.9. The summed E-state index contributed by atoms with van der Waals surface area (Å²) in [4.78, 5) is 0. The average molecular weight is 280 g/mol. The van der Waals surface area contributed by atoms with E-state index in [1.807, 2.05) is 25.1 Å². The predicted octanol–water partition coefficient (Wildman–Crippen LogP) is 2.54. The zero-order valence-corrected chi connectivity index (χ0v) is 11.4. The van der Waals surface area contributed by atoms with Crippen LogP contribution in [-0.4, -0.2) is 17.9 Å². The van der Waals surface area contributed by atoms with Crippen molar-refractivity contribution in [2.24, 2.45) is 0 Å². The quantitative estimate of drug-likeness (QED) is 0.834. The lowest BCUT2D eigenvalue weighted by molar-refractivity contribution is -0.347. The van der Waals surface area contributed by atoms with Crippen molar-refractivity contribution in [2.45, 2.75) is 31.2 Å². The van der Waals surface area contributed by atoms with Crippen molar-refractivity contribution in [3.63, 3.8) is 0 Å². The number of rotatable bonds is 2. The van der Waals surface area contributed by atoms with Crippen molar-refractivity contribution in [3.05, 3.63) is 70.2 Å². The Morgan fingerprint density at radius 3 is 2.86 bits per heavy atom. The maximum atomic E-state index is 6.31. The minimum atomic E-state index is -0.806. The van der Waals surface area contributed by atoms with Gasteiger partial charge in [0.15, 0.2) is 0 Å². The molecule has 1 saturated heterocycles. The van der Waals surface area contributed by atoms with Gasteiger partial charge in [0.2, 0.25) is 17.9 Å². The fraction of sp³-hybridized carbons (Fsp3) is 0.294. The van der Waals surface area contributed by atoms with Gasteiger partial charge in [-0.15, -0.1) is 0 Å². The maximum absolute atomic E-state index is 6.31. The van der Waals surface area contributed by atoms with Crippen molar-refractivity contribution in [1.29, 1.82) is 0 Å². The van der Waals surface area contributed by atoms with Gasteiger partial charge in [-0.2, -0.15) is 0 Å². The maximum Gasteiger partial charge on any atom is 0.292 e. The van der Waals surface area contributed by atoms with Crippen LogP contribution in [-0.2, 0) is 25.4 Å². The van der Waals surface area contributed by atoms with E-state index in [-0.39, 0.29) is 6.29 Å². The SMILES string of the molecule is CC12OC3OC4=C5C=C3C1=C5C(Cc1ccccc1)(O4)O2. The topological polar surface area (TPSA) is 36.9 Å². The third-order valence-electron chi connectivity index (χ3n) is 4.86. The van der Waals surface area contributed by atoms with Gasteiger partial charge in [0.05, 0.1) is 5.57 Å². The van der Waals surface area contributed by atoms with Gasteiger partial charge in [0.1, 0.15) is 0 Å². The van der Waals surface area contributed by atoms with Crippen LogP contribution in [0.15, 0.2) is 64.6 Å². The van der Waals surface area contributed by atoms with Crippen molar-refractivity contribution in [3.8, 4) is 0 Å². The molecule has 3 atom stereocenters. The van der Waals surface area contributed by atoms with Gasteiger partial charge in [0.25, 0.3) is 5.95 Å². The van der Waals surface area contributed by atoms with Gasteiger partial charge in [0, 0.05) is 23.1 Å². The largest absolute Gasteiger partial charge is 0.430 e. The third kappa shape index (κ3) is 1.02. The molecule has 0 N–H and O–H groups in total. The smallest absolute Gasteiger partial charge is 0.292 e. The fourth-order valence-electron chi connectivity index (χ4n) is 4.15. The summed E-state index contributed by atoms with van der Waals surface area (Å²) in [6, 6.07) is 10.2. The molecule has 2 bridgehead atoms. The van der Waals surface area contributed by atoms with Crippen LogP contribution in [0.2, 0.25) is 0 Å². The second-order valence-corrected chi connectivity index (χ2v) is 6.18. The summed E-state index contributed by atoms with van der Waals surface area (Å²) in [5.41, 5.74) is 5.54. The van der Waals surface area contributed by atoms with E-state index in [1.54, 1.807) is 0 Å². The number of benzene rings is 1. The van der Waals surface area contributed by atoms with E-state index in [9.17, 15) is 0 Å². The molecule has 3 unspecified atom stereocenters. The summed E-state index contributed by atoms with van der Waals surface area (Å²) in [7, 11) is 0. The summed E-state index contributed by atoms with van der Waals surface area (Å²) in [6.07, 6.45) is 2.40. The zero-order valence-electron chi connectivity index (χ0n) is 11.4. The van der Waals surface area contributed by atoms with E-state index in [1.165, 1.54) is 5.56 Å². The zero-order chi connectivity index (χ0) is 13.8. The van der Waals surface area contributed by atoms with Gasteiger partial charge in [-0.25, -0.2) is 0 Å². The van der Waals surface area contributed by atoms with Gasteiger partial charge >= 0.3 is 0 Å². The van der Waals surface area contributed by atoms with Crippen LogP contribution < -0.4 is 0 Å². The van der Waals surface area contributed by atoms with Crippen molar-refractivity contribution in [2.75, 3.05) is 0 Å². The summed E-state index contributed by atoms with van der Waals surface area (Å²) in [6.45, 7) is 1.95. The number of allylic oxidation sites excluding steroid dienone is 1. The standard InChI is InChI=1S/C17H12O4/c1-16-12-10-7-11-13(12)17(21-16,8-9-5-3-2-4-6-9)20-15(11)18-14(10)19-16/h2-7,14H,8H2,1H3. The molecule has 1 aliphatic carbocycles. The highest BCUT2D eigenvalue weighted by Gasteiger charge is 2.70. The highest BCUT2D eigenvalue weighted by Crippen LogP contribution is 2.66. The molecule has 4 nitrogen and oxygen atoms in total. The average Bonchev–Trinajstić information content (AvgIpc) is 3.08. The van der Waals surface area contributed by atoms with Gasteiger partial charge in [-0.1, -0.05) is 30.3 Å². The van der Waals surface area contributed by atoms with Crippen molar-refractivity contribution >= 4 is 0 Å². The molecule has 1 fully saturated rings. The van der Waals surface area contributed by atoms with Crippen LogP contribution in [0.5, 0.6) is 0 Å². The Morgan fingerprint density at radius 2 is 2.00 bits per heavy atom. The van der Waals surface area contributed by atoms with Crippen LogP contribution in [0.1, 0.15) is 12.5 Å². The summed E-state index contributed by atoms with van der Waals surface area (Å²) >= 11 is 0. The van der Waals surface area contributed by atoms with Crippen LogP contribution in [0, 0.1) is 0 Å². The van der Waals surface area contributed by atoms with E-state index < -0.39 is 11.6 Å². The first-order valence-corrected chi connectivity index (χ1v) is 7.18. The normalized spacial score (nSPS) is 40.0. The number of hydrogen-bond acceptors (Lipinski definition) is 4. The lowest BCUT2D eigenvalue weighted by atomic mass is 9.94. The monoisotopic (exact) mass is 280 g/mol. The molecular weight excluding hydrogens is 268 g/mol. The molecule has 0 saturated carbocycles. The first-order chi connectivity index (χ1) is 10.2. The lowest BCUT2D eigenvalue weighted by Gasteiger charge is -2.34. The Labute approximate surface area is 121 Å². The first kappa shape index (κ1) is 10.7. The molecule has 4 heterocycles. The Hall–Kier alpha value is -2.04. The number of hydrogen-bond donors (Lipinski definition) is 0. The molecule has 6 rings (SSSR count). The van der Waals surface area contributed by atoms with E-state index >= 15 is 0 Å². The van der Waals surface area contributed by atoms with Crippen LogP contribution in [0.25, 0.3) is 0 Å². The molecule has 0 aromatic heterocycles. The van der Waals surface area contributed by atoms with E-state index in [2.05, 4.69) is 18.2 Å². The van der Waals surface area contributed by atoms with E-state index in [0.29, 0.717) is 12.4 Å². The molecular formula is C17H12O4. The summed E-state index contributed by atoms with van der Waals surface area (Å²) in [5, 5.41) is 0. The molecule has 4 heteroatoms. The van der Waals surface area contributed by atoms with Gasteiger partial charge in [-0.3, -0.25) is 4.74 Å². The highest BCUT2D eigenvalue weighted by molar-refractivity contribution is 5.71. The molecule has 5 aliphatic rings. The molecule has 1 aromatic carbocycles. The second kappa shape index (κ2) is 2.93. The minimum Gasteiger partial charge on any atom is -0.430 e. The second-order valence-electron chi connectivity index (χ2n) is 6.18. The summed E-state index contributed by atoms with van der Waals surface area (Å²) < 4.78 is 24.2. The molecule has 0 amide bonds. The first-order valence-electron chi connectivity index (χ1n) is 7.18. The van der Waals surface area contributed by atoms with E-state index in [4.69, 9.17) is 18.9 Å². The molecule has 0 spiro atoms. The number of ether oxygens (including phenoxy) is 4. The minimum absolute atomic E-state index is 0.378. The van der Waals surface area contributed by atoms with Crippen LogP contribution in [0.4, 0.5) is 0 Å². The molecule has 0 radical (unpaired) electrons. The molecule has 1 aromatic rings. The predicted molar refractivity (Wildman–Crippen MR) is 71.5 cm³/mol. The van der Waals surface area contributed by atoms with Gasteiger partial charge < -0.3 is 14.2 Å². The molecule has 4 aliphatic heterocycles. The lowest BCUT2D eigenvalue weighted by Crippen LogP contribution is -2.42.